The van der Waals surface area contributed by atoms with Crippen molar-refractivity contribution < 1.29 is 18.7 Å². The first-order chi connectivity index (χ1) is 13.1. The molecule has 6 heteroatoms. The van der Waals surface area contributed by atoms with Crippen LogP contribution in [0.25, 0.3) is 0 Å². The fourth-order valence-corrected chi connectivity index (χ4v) is 3.27. The highest BCUT2D eigenvalue weighted by atomic mass is 16.5. The highest BCUT2D eigenvalue weighted by Gasteiger charge is 2.29. The molecule has 6 nitrogen and oxygen atoms in total. The number of ether oxygens (including phenoxy) is 1. The van der Waals surface area contributed by atoms with Gasteiger partial charge >= 0.3 is 0 Å². The zero-order valence-corrected chi connectivity index (χ0v) is 15.6. The maximum atomic E-state index is 12.6. The van der Waals surface area contributed by atoms with Gasteiger partial charge in [0.05, 0.1) is 25.5 Å². The van der Waals surface area contributed by atoms with Gasteiger partial charge in [0.2, 0.25) is 11.8 Å². The molecule has 3 rings (SSSR count). The molecule has 0 aliphatic carbocycles. The standard InChI is InChI=1S/C21H26N2O4/c1-16-5-2-3-6-17(16)14-22-20(24)13-18-15-26-12-10-23(18)21(25)9-8-19-7-4-11-27-19/h2-7,11,18H,8-10,12-15H2,1H3,(H,22,24)/t18-/m0/s1. The van der Waals surface area contributed by atoms with Crippen molar-refractivity contribution in [2.45, 2.75) is 38.8 Å². The number of rotatable bonds is 7. The Balaban J connectivity index is 1.51. The van der Waals surface area contributed by atoms with Gasteiger partial charge in [0, 0.05) is 32.4 Å². The van der Waals surface area contributed by atoms with Crippen molar-refractivity contribution >= 4 is 11.8 Å². The second-order valence-corrected chi connectivity index (χ2v) is 6.80. The lowest BCUT2D eigenvalue weighted by Crippen LogP contribution is -2.50. The lowest BCUT2D eigenvalue weighted by Gasteiger charge is -2.35. The average molecular weight is 370 g/mol. The van der Waals surface area contributed by atoms with Crippen LogP contribution in [-0.2, 0) is 27.3 Å². The third-order valence-corrected chi connectivity index (χ3v) is 4.87. The second kappa shape index (κ2) is 9.37. The predicted octanol–water partition coefficient (Wildman–Crippen LogP) is 2.45. The summed E-state index contributed by atoms with van der Waals surface area (Å²) in [6.07, 6.45) is 2.79. The summed E-state index contributed by atoms with van der Waals surface area (Å²) in [5.74, 6) is 0.758. The quantitative estimate of drug-likeness (QED) is 0.813. The van der Waals surface area contributed by atoms with Crippen LogP contribution >= 0.6 is 0 Å². The number of carbonyl (C=O) groups excluding carboxylic acids is 2. The zero-order valence-electron chi connectivity index (χ0n) is 15.6. The van der Waals surface area contributed by atoms with Gasteiger partial charge < -0.3 is 19.4 Å². The van der Waals surface area contributed by atoms with Gasteiger partial charge in [-0.25, -0.2) is 0 Å². The summed E-state index contributed by atoms with van der Waals surface area (Å²) < 4.78 is 10.8. The highest BCUT2D eigenvalue weighted by Crippen LogP contribution is 2.14. The average Bonchev–Trinajstić information content (AvgIpc) is 3.19. The van der Waals surface area contributed by atoms with Gasteiger partial charge in [-0.2, -0.15) is 0 Å². The third-order valence-electron chi connectivity index (χ3n) is 4.87. The van der Waals surface area contributed by atoms with Gasteiger partial charge in [-0.3, -0.25) is 9.59 Å². The van der Waals surface area contributed by atoms with Crippen LogP contribution < -0.4 is 5.32 Å². The van der Waals surface area contributed by atoms with E-state index >= 15 is 0 Å². The maximum Gasteiger partial charge on any atom is 0.223 e. The van der Waals surface area contributed by atoms with Crippen molar-refractivity contribution in [2.75, 3.05) is 19.8 Å². The van der Waals surface area contributed by atoms with Crippen LogP contribution in [0.3, 0.4) is 0 Å². The van der Waals surface area contributed by atoms with Crippen molar-refractivity contribution in [3.05, 3.63) is 59.5 Å². The van der Waals surface area contributed by atoms with Crippen LogP contribution in [0.2, 0.25) is 0 Å². The summed E-state index contributed by atoms with van der Waals surface area (Å²) in [7, 11) is 0. The van der Waals surface area contributed by atoms with Gasteiger partial charge in [0.15, 0.2) is 0 Å². The number of morpholine rings is 1. The number of hydrogen-bond acceptors (Lipinski definition) is 4. The lowest BCUT2D eigenvalue weighted by atomic mass is 10.1. The van der Waals surface area contributed by atoms with Crippen LogP contribution in [0, 0.1) is 6.92 Å². The van der Waals surface area contributed by atoms with E-state index in [1.54, 1.807) is 11.2 Å². The first kappa shape index (κ1) is 19.2. The van der Waals surface area contributed by atoms with E-state index in [1.807, 2.05) is 43.3 Å². The fraction of sp³-hybridized carbons (Fsp3) is 0.429. The molecule has 1 N–H and O–H groups in total. The highest BCUT2D eigenvalue weighted by molar-refractivity contribution is 5.80. The Morgan fingerprint density at radius 1 is 1.22 bits per heavy atom. The molecule has 1 saturated heterocycles. The molecular weight excluding hydrogens is 344 g/mol. The number of nitrogens with zero attached hydrogens (tertiary/aromatic N) is 1. The largest absolute Gasteiger partial charge is 0.469 e. The first-order valence-corrected chi connectivity index (χ1v) is 9.34. The van der Waals surface area contributed by atoms with Gasteiger partial charge in [-0.05, 0) is 30.2 Å². The minimum atomic E-state index is -0.222. The van der Waals surface area contributed by atoms with Gasteiger partial charge in [0.25, 0.3) is 0 Å². The Morgan fingerprint density at radius 2 is 2.07 bits per heavy atom. The summed E-state index contributed by atoms with van der Waals surface area (Å²) in [4.78, 5) is 26.8. The molecule has 1 atom stereocenters. The summed E-state index contributed by atoms with van der Waals surface area (Å²) in [5, 5.41) is 2.95. The molecule has 144 valence electrons. The molecule has 0 unspecified atom stereocenters. The number of carbonyl (C=O) groups is 2. The van der Waals surface area contributed by atoms with E-state index in [1.165, 1.54) is 0 Å². The molecule has 2 amide bonds. The monoisotopic (exact) mass is 370 g/mol. The number of aryl methyl sites for hydroxylation is 2. The van der Waals surface area contributed by atoms with Gasteiger partial charge in [-0.1, -0.05) is 24.3 Å². The summed E-state index contributed by atoms with van der Waals surface area (Å²) in [5.41, 5.74) is 2.24. The minimum Gasteiger partial charge on any atom is -0.469 e. The molecule has 1 fully saturated rings. The lowest BCUT2D eigenvalue weighted by molar-refractivity contribution is -0.141. The number of amides is 2. The van der Waals surface area contributed by atoms with Crippen LogP contribution in [0.4, 0.5) is 0 Å². The topological polar surface area (TPSA) is 71.8 Å². The van der Waals surface area contributed by atoms with Crippen molar-refractivity contribution in [3.8, 4) is 0 Å². The second-order valence-electron chi connectivity index (χ2n) is 6.80. The number of benzene rings is 1. The molecule has 0 radical (unpaired) electrons. The smallest absolute Gasteiger partial charge is 0.223 e. The number of furan rings is 1. The Hall–Kier alpha value is -2.60. The Morgan fingerprint density at radius 3 is 2.85 bits per heavy atom. The molecule has 2 heterocycles. The van der Waals surface area contributed by atoms with Crippen LogP contribution in [0.15, 0.2) is 47.1 Å². The maximum absolute atomic E-state index is 12.6. The first-order valence-electron chi connectivity index (χ1n) is 9.34. The van der Waals surface area contributed by atoms with E-state index in [0.29, 0.717) is 39.1 Å². The summed E-state index contributed by atoms with van der Waals surface area (Å²) in [6.45, 7) is 3.94. The van der Waals surface area contributed by atoms with Crippen molar-refractivity contribution in [1.29, 1.82) is 0 Å². The molecular formula is C21H26N2O4. The van der Waals surface area contributed by atoms with E-state index in [9.17, 15) is 9.59 Å². The summed E-state index contributed by atoms with van der Waals surface area (Å²) >= 11 is 0. The zero-order chi connectivity index (χ0) is 19.1. The van der Waals surface area contributed by atoms with E-state index < -0.39 is 0 Å². The van der Waals surface area contributed by atoms with E-state index in [-0.39, 0.29) is 24.3 Å². The molecule has 0 bridgehead atoms. The van der Waals surface area contributed by atoms with E-state index in [2.05, 4.69) is 5.32 Å². The Kier molecular flexibility index (Phi) is 6.65. The molecule has 1 aromatic heterocycles. The van der Waals surface area contributed by atoms with Gasteiger partial charge in [0.1, 0.15) is 5.76 Å². The van der Waals surface area contributed by atoms with E-state index in [0.717, 1.165) is 16.9 Å². The van der Waals surface area contributed by atoms with Crippen molar-refractivity contribution in [3.63, 3.8) is 0 Å². The molecule has 1 aliphatic heterocycles. The fourth-order valence-electron chi connectivity index (χ4n) is 3.27. The van der Waals surface area contributed by atoms with E-state index in [4.69, 9.17) is 9.15 Å². The molecule has 1 aromatic carbocycles. The van der Waals surface area contributed by atoms with Crippen LogP contribution in [0.1, 0.15) is 29.7 Å². The van der Waals surface area contributed by atoms with Crippen LogP contribution in [-0.4, -0.2) is 42.5 Å². The van der Waals surface area contributed by atoms with Crippen molar-refractivity contribution in [2.24, 2.45) is 0 Å². The number of nitrogens with one attached hydrogen (secondary N) is 1. The van der Waals surface area contributed by atoms with Crippen molar-refractivity contribution in [1.82, 2.24) is 10.2 Å². The molecule has 0 spiro atoms. The number of hydrogen-bond donors (Lipinski definition) is 1. The normalized spacial score (nSPS) is 16.9. The SMILES string of the molecule is Cc1ccccc1CNC(=O)C[C@H]1COCCN1C(=O)CCc1ccco1. The Bertz CT molecular complexity index is 757. The Labute approximate surface area is 159 Å². The summed E-state index contributed by atoms with van der Waals surface area (Å²) in [6, 6.07) is 11.4. The molecule has 2 aromatic rings. The van der Waals surface area contributed by atoms with Crippen LogP contribution in [0.5, 0.6) is 0 Å². The van der Waals surface area contributed by atoms with Gasteiger partial charge in [-0.15, -0.1) is 0 Å². The molecule has 27 heavy (non-hydrogen) atoms. The third kappa shape index (κ3) is 5.44. The predicted molar refractivity (Wildman–Crippen MR) is 101 cm³/mol. The molecule has 1 aliphatic rings. The minimum absolute atomic E-state index is 0.0337. The molecule has 0 saturated carbocycles.